The maximum atomic E-state index is 11.7. The Hall–Kier alpha value is -1.69. The molecule has 1 N–H and O–H groups in total. The van der Waals surface area contributed by atoms with Gasteiger partial charge in [-0.1, -0.05) is 0 Å². The molecule has 1 aromatic heterocycles. The van der Waals surface area contributed by atoms with E-state index in [2.05, 4.69) is 15.1 Å². The highest BCUT2D eigenvalue weighted by atomic mass is 16.3. The summed E-state index contributed by atoms with van der Waals surface area (Å²) >= 11 is 0. The third kappa shape index (κ3) is 3.20. The summed E-state index contributed by atoms with van der Waals surface area (Å²) < 4.78 is 0. The van der Waals surface area contributed by atoms with E-state index in [1.54, 1.807) is 20.2 Å². The first-order valence-corrected chi connectivity index (χ1v) is 6.42. The van der Waals surface area contributed by atoms with Crippen molar-refractivity contribution >= 4 is 11.7 Å². The van der Waals surface area contributed by atoms with E-state index < -0.39 is 5.60 Å². The summed E-state index contributed by atoms with van der Waals surface area (Å²) in [5, 5.41) is 18.0. The van der Waals surface area contributed by atoms with Crippen LogP contribution in [0.15, 0.2) is 12.1 Å². The lowest BCUT2D eigenvalue weighted by atomic mass is 9.94. The number of anilines is 1. The Balaban J connectivity index is 2.05. The summed E-state index contributed by atoms with van der Waals surface area (Å²) in [6.45, 7) is 3.36. The Morgan fingerprint density at radius 3 is 2.42 bits per heavy atom. The number of amides is 1. The van der Waals surface area contributed by atoms with Crippen molar-refractivity contribution < 1.29 is 9.90 Å². The minimum Gasteiger partial charge on any atom is -0.390 e. The number of carbonyl (C=O) groups excluding carboxylic acids is 1. The van der Waals surface area contributed by atoms with E-state index in [0.29, 0.717) is 18.5 Å². The van der Waals surface area contributed by atoms with Crippen molar-refractivity contribution in [2.24, 2.45) is 0 Å². The molecule has 0 saturated carbocycles. The molecule has 6 nitrogen and oxygen atoms in total. The first kappa shape index (κ1) is 13.7. The van der Waals surface area contributed by atoms with Gasteiger partial charge in [-0.3, -0.25) is 4.79 Å². The average Bonchev–Trinajstić information content (AvgIpc) is 2.38. The molecule has 104 valence electrons. The molecule has 1 fully saturated rings. The molecule has 19 heavy (non-hydrogen) atoms. The second-order valence-electron chi connectivity index (χ2n) is 5.46. The van der Waals surface area contributed by atoms with E-state index in [4.69, 9.17) is 0 Å². The molecule has 0 spiro atoms. The van der Waals surface area contributed by atoms with Crippen molar-refractivity contribution in [2.75, 3.05) is 32.1 Å². The van der Waals surface area contributed by atoms with Crippen molar-refractivity contribution in [3.8, 4) is 0 Å². The fourth-order valence-corrected chi connectivity index (χ4v) is 2.05. The number of rotatable bonds is 2. The Kier molecular flexibility index (Phi) is 3.71. The van der Waals surface area contributed by atoms with Gasteiger partial charge in [-0.15, -0.1) is 10.2 Å². The van der Waals surface area contributed by atoms with Gasteiger partial charge in [0.2, 0.25) is 0 Å². The summed E-state index contributed by atoms with van der Waals surface area (Å²) in [7, 11) is 3.37. The number of aliphatic hydroxyl groups is 1. The third-order valence-electron chi connectivity index (χ3n) is 3.44. The zero-order valence-electron chi connectivity index (χ0n) is 11.6. The van der Waals surface area contributed by atoms with Gasteiger partial charge in [0.15, 0.2) is 11.5 Å². The maximum absolute atomic E-state index is 11.7. The molecule has 0 aromatic carbocycles. The van der Waals surface area contributed by atoms with E-state index in [9.17, 15) is 9.90 Å². The van der Waals surface area contributed by atoms with E-state index in [0.717, 1.165) is 18.9 Å². The molecule has 2 heterocycles. The topological polar surface area (TPSA) is 69.6 Å². The lowest BCUT2D eigenvalue weighted by Crippen LogP contribution is -2.42. The molecule has 6 heteroatoms. The Morgan fingerprint density at radius 2 is 1.95 bits per heavy atom. The van der Waals surface area contributed by atoms with Crippen LogP contribution in [-0.2, 0) is 0 Å². The van der Waals surface area contributed by atoms with Crippen LogP contribution in [0.1, 0.15) is 30.3 Å². The van der Waals surface area contributed by atoms with Crippen LogP contribution in [-0.4, -0.2) is 58.9 Å². The molecular formula is C13H20N4O2. The summed E-state index contributed by atoms with van der Waals surface area (Å²) in [4.78, 5) is 15.2. The van der Waals surface area contributed by atoms with Crippen LogP contribution in [0.3, 0.4) is 0 Å². The van der Waals surface area contributed by atoms with Crippen LogP contribution in [0.5, 0.6) is 0 Å². The number of carbonyl (C=O) groups is 1. The number of piperidine rings is 1. The lowest BCUT2D eigenvalue weighted by molar-refractivity contribution is 0.0350. The van der Waals surface area contributed by atoms with Gasteiger partial charge in [0.05, 0.1) is 5.60 Å². The van der Waals surface area contributed by atoms with E-state index in [1.165, 1.54) is 4.90 Å². The first-order valence-electron chi connectivity index (χ1n) is 6.42. The molecule has 2 rings (SSSR count). The highest BCUT2D eigenvalue weighted by molar-refractivity contribution is 5.91. The van der Waals surface area contributed by atoms with Crippen LogP contribution < -0.4 is 4.90 Å². The zero-order chi connectivity index (χ0) is 14.0. The molecule has 0 bridgehead atoms. The van der Waals surface area contributed by atoms with Gasteiger partial charge in [0.1, 0.15) is 0 Å². The first-order chi connectivity index (χ1) is 8.89. The second kappa shape index (κ2) is 5.13. The number of nitrogens with zero attached hydrogens (tertiary/aromatic N) is 4. The molecule has 1 amide bonds. The number of aromatic nitrogens is 2. The maximum Gasteiger partial charge on any atom is 0.273 e. The summed E-state index contributed by atoms with van der Waals surface area (Å²) in [5.74, 6) is 0.603. The standard InChI is InChI=1S/C13H20N4O2/c1-13(19)6-8-17(9-7-13)11-5-4-10(14-15-11)12(18)16(2)3/h4-5,19H,6-9H2,1-3H3. The largest absolute Gasteiger partial charge is 0.390 e. The minimum absolute atomic E-state index is 0.152. The van der Waals surface area contributed by atoms with Gasteiger partial charge in [0.25, 0.3) is 5.91 Å². The third-order valence-corrected chi connectivity index (χ3v) is 3.44. The summed E-state index contributed by atoms with van der Waals surface area (Å²) in [6, 6.07) is 3.50. The molecule has 0 atom stereocenters. The molecule has 0 radical (unpaired) electrons. The number of hydrogen-bond acceptors (Lipinski definition) is 5. The van der Waals surface area contributed by atoms with Gasteiger partial charge in [0, 0.05) is 27.2 Å². The van der Waals surface area contributed by atoms with Gasteiger partial charge in [-0.2, -0.15) is 0 Å². The quantitative estimate of drug-likeness (QED) is 0.844. The van der Waals surface area contributed by atoms with E-state index in [1.807, 2.05) is 13.0 Å². The molecule has 0 aliphatic carbocycles. The van der Waals surface area contributed by atoms with Crippen molar-refractivity contribution in [1.82, 2.24) is 15.1 Å². The SMILES string of the molecule is CN(C)C(=O)c1ccc(N2CCC(C)(O)CC2)nn1. The molecule has 1 aliphatic heterocycles. The van der Waals surface area contributed by atoms with Crippen LogP contribution in [0.25, 0.3) is 0 Å². The Bertz CT molecular complexity index is 446. The van der Waals surface area contributed by atoms with E-state index in [-0.39, 0.29) is 5.91 Å². The van der Waals surface area contributed by atoms with Gasteiger partial charge >= 0.3 is 0 Å². The van der Waals surface area contributed by atoms with Crippen LogP contribution in [0, 0.1) is 0 Å². The smallest absolute Gasteiger partial charge is 0.273 e. The van der Waals surface area contributed by atoms with Gasteiger partial charge in [-0.25, -0.2) is 0 Å². The Labute approximate surface area is 113 Å². The highest BCUT2D eigenvalue weighted by Crippen LogP contribution is 2.24. The predicted octanol–water partition coefficient (Wildman–Crippen LogP) is 0.530. The molecule has 1 saturated heterocycles. The highest BCUT2D eigenvalue weighted by Gasteiger charge is 2.28. The average molecular weight is 264 g/mol. The van der Waals surface area contributed by atoms with Gasteiger partial charge < -0.3 is 14.9 Å². The fourth-order valence-electron chi connectivity index (χ4n) is 2.05. The minimum atomic E-state index is -0.579. The Morgan fingerprint density at radius 1 is 1.32 bits per heavy atom. The molecule has 1 aliphatic rings. The molecular weight excluding hydrogens is 244 g/mol. The predicted molar refractivity (Wildman–Crippen MR) is 72.1 cm³/mol. The number of hydrogen-bond donors (Lipinski definition) is 1. The molecule has 1 aromatic rings. The van der Waals surface area contributed by atoms with Crippen LogP contribution >= 0.6 is 0 Å². The monoisotopic (exact) mass is 264 g/mol. The fraction of sp³-hybridized carbons (Fsp3) is 0.615. The zero-order valence-corrected chi connectivity index (χ0v) is 11.6. The van der Waals surface area contributed by atoms with Crippen molar-refractivity contribution in [2.45, 2.75) is 25.4 Å². The molecule has 0 unspecified atom stereocenters. The second-order valence-corrected chi connectivity index (χ2v) is 5.46. The summed E-state index contributed by atoms with van der Waals surface area (Å²) in [6.07, 6.45) is 1.43. The van der Waals surface area contributed by atoms with Crippen molar-refractivity contribution in [3.05, 3.63) is 17.8 Å². The lowest BCUT2D eigenvalue weighted by Gasteiger charge is -2.36. The van der Waals surface area contributed by atoms with E-state index >= 15 is 0 Å². The normalized spacial score (nSPS) is 18.2. The summed E-state index contributed by atoms with van der Waals surface area (Å²) in [5.41, 5.74) is -0.233. The van der Waals surface area contributed by atoms with Crippen molar-refractivity contribution in [3.63, 3.8) is 0 Å². The van der Waals surface area contributed by atoms with Gasteiger partial charge in [-0.05, 0) is 31.9 Å². The van der Waals surface area contributed by atoms with Crippen molar-refractivity contribution in [1.29, 1.82) is 0 Å². The van der Waals surface area contributed by atoms with Crippen LogP contribution in [0.2, 0.25) is 0 Å². The van der Waals surface area contributed by atoms with Crippen LogP contribution in [0.4, 0.5) is 5.82 Å².